The molecule has 1 heterocycles. The molecule has 0 bridgehead atoms. The second kappa shape index (κ2) is 11.7. The molecule has 3 aromatic rings. The summed E-state index contributed by atoms with van der Waals surface area (Å²) >= 11 is 0. The quantitative estimate of drug-likeness (QED) is 0.231. The number of esters is 1. The number of rotatable bonds is 10. The number of methoxy groups -OCH3 is 2. The molecule has 0 spiro atoms. The Morgan fingerprint density at radius 1 is 1.00 bits per heavy atom. The van der Waals surface area contributed by atoms with E-state index < -0.39 is 37.2 Å². The van der Waals surface area contributed by atoms with Gasteiger partial charge in [0, 0.05) is 10.6 Å². The second-order valence-electron chi connectivity index (χ2n) is 10.4. The molecule has 2 aromatic carbocycles. The Morgan fingerprint density at radius 3 is 2.16 bits per heavy atom. The van der Waals surface area contributed by atoms with Gasteiger partial charge in [0.1, 0.15) is 17.6 Å². The predicted molar refractivity (Wildman–Crippen MR) is 148 cm³/mol. The lowest BCUT2D eigenvalue weighted by atomic mass is 10.1. The lowest BCUT2D eigenvalue weighted by Gasteiger charge is -2.40. The molecule has 0 aliphatic carbocycles. The highest BCUT2D eigenvalue weighted by atomic mass is 32.2. The number of hydrogen-bond donors (Lipinski definition) is 1. The molecular formula is C28H37NO6SSi. The van der Waals surface area contributed by atoms with Crippen LogP contribution in [0, 0.1) is 6.92 Å². The lowest BCUT2D eigenvalue weighted by Crippen LogP contribution is -2.49. The van der Waals surface area contributed by atoms with Crippen molar-refractivity contribution in [3.8, 4) is 5.75 Å². The van der Waals surface area contributed by atoms with E-state index in [1.807, 2.05) is 55.5 Å². The summed E-state index contributed by atoms with van der Waals surface area (Å²) in [4.78, 5) is 14.3. The summed E-state index contributed by atoms with van der Waals surface area (Å²) in [5, 5.41) is 3.22. The molecule has 0 unspecified atom stereocenters. The molecule has 1 N–H and O–H groups in total. The highest BCUT2D eigenvalue weighted by Crippen LogP contribution is 2.41. The van der Waals surface area contributed by atoms with Crippen LogP contribution < -0.4 is 10.1 Å². The van der Waals surface area contributed by atoms with E-state index >= 15 is 0 Å². The normalized spacial score (nSPS) is 14.5. The van der Waals surface area contributed by atoms with E-state index in [0.29, 0.717) is 27.0 Å². The maximum Gasteiger partial charge on any atom is 0.336 e. The van der Waals surface area contributed by atoms with Crippen molar-refractivity contribution in [3.63, 3.8) is 0 Å². The Kier molecular flexibility index (Phi) is 9.04. The maximum absolute atomic E-state index is 13.6. The monoisotopic (exact) mass is 543 g/mol. The van der Waals surface area contributed by atoms with Crippen molar-refractivity contribution >= 4 is 30.8 Å². The molecule has 200 valence electrons. The van der Waals surface area contributed by atoms with E-state index in [2.05, 4.69) is 39.2 Å². The van der Waals surface area contributed by atoms with Gasteiger partial charge in [0.05, 0.1) is 36.2 Å². The van der Waals surface area contributed by atoms with Gasteiger partial charge in [0.15, 0.2) is 14.4 Å². The topological polar surface area (TPSA) is 87.0 Å². The first-order valence-corrected chi connectivity index (χ1v) is 16.2. The number of ether oxygens (including phenoxy) is 2. The highest BCUT2D eigenvalue weighted by Gasteiger charge is 2.45. The number of anilines is 1. The van der Waals surface area contributed by atoms with Gasteiger partial charge in [-0.3, -0.25) is 0 Å². The van der Waals surface area contributed by atoms with Gasteiger partial charge in [-0.05, 0) is 67.5 Å². The Bertz CT molecular complexity index is 1210. The zero-order valence-corrected chi connectivity index (χ0v) is 24.6. The third kappa shape index (κ3) is 6.71. The number of carbonyl (C=O) groups excluding carboxylic acids is 1. The number of hydrogen-bond acceptors (Lipinski definition) is 7. The summed E-state index contributed by atoms with van der Waals surface area (Å²) in [6.07, 6.45) is 0.438. The minimum absolute atomic E-state index is 0.166. The number of aryl methyl sites for hydroxylation is 1. The van der Waals surface area contributed by atoms with Gasteiger partial charge in [-0.2, -0.15) is 0 Å². The zero-order valence-electron chi connectivity index (χ0n) is 22.8. The Morgan fingerprint density at radius 2 is 1.62 bits per heavy atom. The first-order valence-electron chi connectivity index (χ1n) is 12.1. The fourth-order valence-electron chi connectivity index (χ4n) is 3.49. The van der Waals surface area contributed by atoms with Crippen LogP contribution in [0.3, 0.4) is 0 Å². The van der Waals surface area contributed by atoms with Crippen LogP contribution in [0.4, 0.5) is 5.69 Å². The van der Waals surface area contributed by atoms with Crippen molar-refractivity contribution in [1.82, 2.24) is 0 Å². The Hall–Kier alpha value is -2.88. The average Bonchev–Trinajstić information content (AvgIpc) is 3.35. The summed E-state index contributed by atoms with van der Waals surface area (Å²) in [6.45, 7) is 12.4. The van der Waals surface area contributed by atoms with Crippen molar-refractivity contribution < 1.29 is 27.3 Å². The maximum atomic E-state index is 13.6. The van der Waals surface area contributed by atoms with Crippen LogP contribution in [0.5, 0.6) is 5.75 Å². The lowest BCUT2D eigenvalue weighted by molar-refractivity contribution is -0.150. The van der Waals surface area contributed by atoms with Gasteiger partial charge < -0.3 is 23.6 Å². The van der Waals surface area contributed by atoms with Crippen LogP contribution in [0.15, 0.2) is 75.1 Å². The van der Waals surface area contributed by atoms with Gasteiger partial charge in [-0.1, -0.05) is 38.5 Å². The van der Waals surface area contributed by atoms with E-state index in [-0.39, 0.29) is 5.04 Å². The minimum atomic E-state index is -2.45. The van der Waals surface area contributed by atoms with E-state index in [4.69, 9.17) is 18.3 Å². The first-order chi connectivity index (χ1) is 17.4. The molecule has 1 aromatic heterocycles. The van der Waals surface area contributed by atoms with E-state index in [1.165, 1.54) is 13.4 Å². The standard InChI is InChI=1S/C28H37NO6SSi/c1-19-9-15-22(16-10-19)36(31)23-17-18-34-25(23)24(29-20-11-13-21(32-5)14-12-20)26(27(30)33-6)35-37(7,8)28(2,3)4/h9-18,24,26,29H,1-8H3/t24-,26-,36-/m0/s1. The summed E-state index contributed by atoms with van der Waals surface area (Å²) in [5.74, 6) is 0.506. The molecule has 0 amide bonds. The van der Waals surface area contributed by atoms with Crippen LogP contribution in [-0.4, -0.2) is 38.8 Å². The third-order valence-electron chi connectivity index (χ3n) is 6.75. The van der Waals surface area contributed by atoms with Crippen LogP contribution in [-0.2, 0) is 24.8 Å². The van der Waals surface area contributed by atoms with E-state index in [0.717, 1.165) is 5.56 Å². The fraction of sp³-hybridized carbons (Fsp3) is 0.393. The number of carbonyl (C=O) groups is 1. The molecule has 3 atom stereocenters. The molecular weight excluding hydrogens is 506 g/mol. The van der Waals surface area contributed by atoms with Gasteiger partial charge >= 0.3 is 5.97 Å². The van der Waals surface area contributed by atoms with Crippen LogP contribution >= 0.6 is 0 Å². The zero-order chi connectivity index (χ0) is 27.4. The molecule has 3 rings (SSSR count). The molecule has 0 saturated heterocycles. The Labute approximate surface area is 223 Å². The minimum Gasteiger partial charge on any atom is -0.497 e. The smallest absolute Gasteiger partial charge is 0.336 e. The fourth-order valence-corrected chi connectivity index (χ4v) is 5.88. The van der Waals surface area contributed by atoms with Crippen LogP contribution in [0.2, 0.25) is 18.1 Å². The van der Waals surface area contributed by atoms with Crippen molar-refractivity contribution in [1.29, 1.82) is 0 Å². The van der Waals surface area contributed by atoms with Crippen molar-refractivity contribution in [2.75, 3.05) is 19.5 Å². The average molecular weight is 544 g/mol. The van der Waals surface area contributed by atoms with E-state index in [1.54, 1.807) is 13.2 Å². The SMILES string of the molecule is COC(=O)[C@@H](O[Si](C)(C)C(C)(C)C)[C@@H](Nc1ccc(OC)cc1)c1occc1[S@@](=O)c1ccc(C)cc1. The largest absolute Gasteiger partial charge is 0.497 e. The Balaban J connectivity index is 2.12. The van der Waals surface area contributed by atoms with Crippen molar-refractivity contribution in [2.45, 2.75) is 67.8 Å². The molecule has 9 heteroatoms. The summed E-state index contributed by atoms with van der Waals surface area (Å²) < 4.78 is 36.7. The van der Waals surface area contributed by atoms with Gasteiger partial charge in [0.25, 0.3) is 0 Å². The van der Waals surface area contributed by atoms with Crippen LogP contribution in [0.1, 0.15) is 38.1 Å². The molecule has 7 nitrogen and oxygen atoms in total. The van der Waals surface area contributed by atoms with Gasteiger partial charge in [-0.25, -0.2) is 9.00 Å². The molecule has 0 fully saturated rings. The second-order valence-corrected chi connectivity index (χ2v) is 16.6. The van der Waals surface area contributed by atoms with Crippen molar-refractivity contribution in [3.05, 3.63) is 72.2 Å². The molecule has 0 aliphatic rings. The molecule has 0 radical (unpaired) electrons. The highest BCUT2D eigenvalue weighted by molar-refractivity contribution is 7.85. The molecule has 37 heavy (non-hydrogen) atoms. The summed E-state index contributed by atoms with van der Waals surface area (Å²) in [5.41, 5.74) is 1.78. The summed E-state index contributed by atoms with van der Waals surface area (Å²) in [6, 6.07) is 15.7. The first kappa shape index (κ1) is 28.7. The summed E-state index contributed by atoms with van der Waals surface area (Å²) in [7, 11) is -1.05. The third-order valence-corrected chi connectivity index (χ3v) is 12.6. The van der Waals surface area contributed by atoms with Crippen molar-refractivity contribution in [2.24, 2.45) is 0 Å². The van der Waals surface area contributed by atoms with Crippen LogP contribution in [0.25, 0.3) is 0 Å². The predicted octanol–water partition coefficient (Wildman–Crippen LogP) is 6.48. The van der Waals surface area contributed by atoms with Gasteiger partial charge in [0.2, 0.25) is 0 Å². The number of nitrogens with one attached hydrogen (secondary N) is 1. The van der Waals surface area contributed by atoms with E-state index in [9.17, 15) is 9.00 Å². The molecule has 0 aliphatic heterocycles. The number of benzene rings is 2. The molecule has 0 saturated carbocycles. The number of furan rings is 1. The van der Waals surface area contributed by atoms with Gasteiger partial charge in [-0.15, -0.1) is 0 Å².